The van der Waals surface area contributed by atoms with Crippen molar-refractivity contribution in [1.29, 1.82) is 0 Å². The van der Waals surface area contributed by atoms with Crippen molar-refractivity contribution in [3.63, 3.8) is 0 Å². The number of carbonyl (C=O) groups excluding carboxylic acids is 2. The Kier molecular flexibility index (Phi) is 4.99. The number of Topliss-reactive ketones (excluding diaryl/α,β-unsaturated/α-hetero) is 2. The first-order valence-electron chi connectivity index (χ1n) is 9.12. The predicted molar refractivity (Wildman–Crippen MR) is 113 cm³/mol. The lowest BCUT2D eigenvalue weighted by atomic mass is 10.1. The van der Waals surface area contributed by atoms with Gasteiger partial charge < -0.3 is 0 Å². The number of hydrazine groups is 1. The molecule has 0 unspecified atom stereocenters. The molecular formula is C23H18N4O2. The molecule has 1 aliphatic rings. The van der Waals surface area contributed by atoms with Crippen LogP contribution in [0.2, 0.25) is 0 Å². The van der Waals surface area contributed by atoms with Crippen LogP contribution in [0.15, 0.2) is 95.1 Å². The fourth-order valence-electron chi connectivity index (χ4n) is 2.89. The van der Waals surface area contributed by atoms with Crippen LogP contribution in [0.4, 0.5) is 5.69 Å². The summed E-state index contributed by atoms with van der Waals surface area (Å²) in [7, 11) is 0. The van der Waals surface area contributed by atoms with Crippen molar-refractivity contribution in [3.8, 4) is 0 Å². The molecule has 6 heteroatoms. The van der Waals surface area contributed by atoms with Gasteiger partial charge >= 0.3 is 0 Å². The summed E-state index contributed by atoms with van der Waals surface area (Å²) in [5, 5.41) is 9.62. The molecule has 0 atom stereocenters. The summed E-state index contributed by atoms with van der Waals surface area (Å²) in [6.45, 7) is 1.98. The molecule has 6 nitrogen and oxygen atoms in total. The molecule has 3 aromatic rings. The lowest BCUT2D eigenvalue weighted by molar-refractivity contribution is 0.104. The Morgan fingerprint density at radius 2 is 1.28 bits per heavy atom. The van der Waals surface area contributed by atoms with Crippen LogP contribution in [0.3, 0.4) is 0 Å². The summed E-state index contributed by atoms with van der Waals surface area (Å²) in [5.41, 5.74) is 5.69. The smallest absolute Gasteiger partial charge is 0.232 e. The molecule has 0 fully saturated rings. The monoisotopic (exact) mass is 382 g/mol. The molecule has 142 valence electrons. The number of carbonyl (C=O) groups is 2. The molecule has 1 N–H and O–H groups in total. The number of rotatable bonds is 5. The highest BCUT2D eigenvalue weighted by molar-refractivity contribution is 6.52. The lowest BCUT2D eigenvalue weighted by Gasteiger charge is -2.28. The fraction of sp³-hybridized carbons (Fsp3) is 0.0435. The predicted octanol–water partition coefficient (Wildman–Crippen LogP) is 3.80. The molecule has 1 heterocycles. The summed E-state index contributed by atoms with van der Waals surface area (Å²) in [5.74, 6) is -0.475. The third-order valence-corrected chi connectivity index (χ3v) is 4.46. The minimum atomic E-state index is -0.308. The highest BCUT2D eigenvalue weighted by atomic mass is 16.1. The number of nitrogens with one attached hydrogen (secondary N) is 1. The van der Waals surface area contributed by atoms with Gasteiger partial charge in [-0.1, -0.05) is 78.4 Å². The van der Waals surface area contributed by atoms with Gasteiger partial charge in [-0.3, -0.25) is 15.0 Å². The summed E-state index contributed by atoms with van der Waals surface area (Å²) in [6, 6.07) is 25.2. The van der Waals surface area contributed by atoms with Gasteiger partial charge in [-0.05, 0) is 19.1 Å². The van der Waals surface area contributed by atoms with E-state index in [9.17, 15) is 9.59 Å². The third kappa shape index (κ3) is 3.82. The fourth-order valence-corrected chi connectivity index (χ4v) is 2.89. The second kappa shape index (κ2) is 7.90. The molecule has 0 bridgehead atoms. The maximum atomic E-state index is 13.0. The zero-order valence-electron chi connectivity index (χ0n) is 15.7. The first kappa shape index (κ1) is 18.3. The summed E-state index contributed by atoms with van der Waals surface area (Å²) < 4.78 is 0. The molecule has 29 heavy (non-hydrogen) atoms. The van der Waals surface area contributed by atoms with Crippen LogP contribution >= 0.6 is 0 Å². The molecule has 4 rings (SSSR count). The summed E-state index contributed by atoms with van der Waals surface area (Å²) in [4.78, 5) is 25.8. The van der Waals surface area contributed by atoms with Crippen LogP contribution in [0.5, 0.6) is 0 Å². The molecule has 0 spiro atoms. The van der Waals surface area contributed by atoms with Gasteiger partial charge in [0.1, 0.15) is 0 Å². The Bertz CT molecular complexity index is 1100. The van der Waals surface area contributed by atoms with Crippen molar-refractivity contribution in [3.05, 3.63) is 102 Å². The summed E-state index contributed by atoms with van der Waals surface area (Å²) in [6.07, 6.45) is 0. The normalized spacial score (nSPS) is 13.2. The van der Waals surface area contributed by atoms with E-state index in [2.05, 4.69) is 15.6 Å². The van der Waals surface area contributed by atoms with Gasteiger partial charge in [-0.2, -0.15) is 0 Å². The first-order valence-corrected chi connectivity index (χ1v) is 9.12. The molecular weight excluding hydrogens is 364 g/mol. The zero-order chi connectivity index (χ0) is 20.2. The molecule has 0 radical (unpaired) electrons. The first-order chi connectivity index (χ1) is 14.1. The van der Waals surface area contributed by atoms with Crippen LogP contribution in [-0.2, 0) is 0 Å². The van der Waals surface area contributed by atoms with Gasteiger partial charge in [-0.25, -0.2) is 5.01 Å². The van der Waals surface area contributed by atoms with E-state index < -0.39 is 0 Å². The number of ketones is 2. The van der Waals surface area contributed by atoms with Crippen LogP contribution in [-0.4, -0.2) is 23.2 Å². The van der Waals surface area contributed by atoms with E-state index in [1.807, 2.05) is 43.3 Å². The highest BCUT2D eigenvalue weighted by Crippen LogP contribution is 2.18. The van der Waals surface area contributed by atoms with E-state index in [1.165, 1.54) is 5.01 Å². The van der Waals surface area contributed by atoms with Gasteiger partial charge in [0.05, 0.1) is 5.69 Å². The number of hydrogen-bond acceptors (Lipinski definition) is 6. The standard InChI is InChI=1S/C23H18N4O2/c1-16-12-14-19(15-13-16)27-23(21(29)18-10-6-3-7-11-18)25-24-22(26-27)20(28)17-8-4-2-5-9-17/h2-15H,1H3,(H,24,26). The Balaban J connectivity index is 1.74. The topological polar surface area (TPSA) is 74.1 Å². The quantitative estimate of drug-likeness (QED) is 0.681. The van der Waals surface area contributed by atoms with Crippen molar-refractivity contribution in [2.75, 3.05) is 5.01 Å². The van der Waals surface area contributed by atoms with E-state index in [0.717, 1.165) is 5.56 Å². The molecule has 0 aromatic heterocycles. The van der Waals surface area contributed by atoms with Gasteiger partial charge in [-0.15, -0.1) is 10.2 Å². The van der Waals surface area contributed by atoms with Crippen molar-refractivity contribution in [2.24, 2.45) is 10.2 Å². The van der Waals surface area contributed by atoms with E-state index >= 15 is 0 Å². The number of amidine groups is 2. The number of benzene rings is 3. The van der Waals surface area contributed by atoms with E-state index in [4.69, 9.17) is 0 Å². The van der Waals surface area contributed by atoms with Gasteiger partial charge in [0.15, 0.2) is 0 Å². The number of nitrogens with zero attached hydrogens (tertiary/aromatic N) is 3. The summed E-state index contributed by atoms with van der Waals surface area (Å²) >= 11 is 0. The van der Waals surface area contributed by atoms with Crippen molar-refractivity contribution in [2.45, 2.75) is 6.92 Å². The molecule has 0 amide bonds. The van der Waals surface area contributed by atoms with Crippen LogP contribution in [0.1, 0.15) is 26.3 Å². The molecule has 3 aromatic carbocycles. The van der Waals surface area contributed by atoms with Gasteiger partial charge in [0.25, 0.3) is 0 Å². The highest BCUT2D eigenvalue weighted by Gasteiger charge is 2.29. The minimum Gasteiger partial charge on any atom is -0.285 e. The Morgan fingerprint density at radius 1 is 0.724 bits per heavy atom. The second-order valence-corrected chi connectivity index (χ2v) is 6.55. The van der Waals surface area contributed by atoms with Gasteiger partial charge in [0.2, 0.25) is 23.2 Å². The maximum absolute atomic E-state index is 13.0. The van der Waals surface area contributed by atoms with Gasteiger partial charge in [0, 0.05) is 11.1 Å². The maximum Gasteiger partial charge on any atom is 0.232 e. The van der Waals surface area contributed by atoms with Crippen molar-refractivity contribution >= 4 is 28.9 Å². The number of anilines is 1. The second-order valence-electron chi connectivity index (χ2n) is 6.55. The molecule has 0 aliphatic carbocycles. The van der Waals surface area contributed by atoms with E-state index in [1.54, 1.807) is 48.5 Å². The minimum absolute atomic E-state index is 0.0430. The molecule has 0 saturated carbocycles. The number of aryl methyl sites for hydroxylation is 1. The molecule has 1 aliphatic heterocycles. The third-order valence-electron chi connectivity index (χ3n) is 4.46. The largest absolute Gasteiger partial charge is 0.285 e. The van der Waals surface area contributed by atoms with Crippen LogP contribution in [0, 0.1) is 6.92 Å². The molecule has 0 saturated heterocycles. The number of hydrogen-bond donors (Lipinski definition) is 1. The lowest BCUT2D eigenvalue weighted by Crippen LogP contribution is -2.53. The average Bonchev–Trinajstić information content (AvgIpc) is 2.79. The van der Waals surface area contributed by atoms with E-state index in [-0.39, 0.29) is 23.2 Å². The van der Waals surface area contributed by atoms with Crippen LogP contribution < -0.4 is 10.4 Å². The van der Waals surface area contributed by atoms with Crippen molar-refractivity contribution < 1.29 is 9.59 Å². The van der Waals surface area contributed by atoms with E-state index in [0.29, 0.717) is 16.8 Å². The SMILES string of the molecule is Cc1ccc(N2NC(C(=O)c3ccccc3)=NN=C2C(=O)c2ccccc2)cc1. The van der Waals surface area contributed by atoms with Crippen molar-refractivity contribution in [1.82, 2.24) is 5.43 Å². The Labute approximate surface area is 168 Å². The zero-order valence-corrected chi connectivity index (χ0v) is 15.7. The van der Waals surface area contributed by atoms with Crippen LogP contribution in [0.25, 0.3) is 0 Å². The Hall–Kier alpha value is -4.06. The average molecular weight is 382 g/mol. The Morgan fingerprint density at radius 3 is 1.86 bits per heavy atom.